The van der Waals surface area contributed by atoms with Crippen LogP contribution in [0.15, 0.2) is 47.6 Å². The number of oxime groups is 1. The first-order valence-corrected chi connectivity index (χ1v) is 6.23. The summed E-state index contributed by atoms with van der Waals surface area (Å²) in [6, 6.07) is 11.1. The van der Waals surface area contributed by atoms with Gasteiger partial charge >= 0.3 is 0 Å². The summed E-state index contributed by atoms with van der Waals surface area (Å²) in [5.41, 5.74) is 6.82. The van der Waals surface area contributed by atoms with Crippen molar-refractivity contribution in [3.63, 3.8) is 0 Å². The molecule has 21 heavy (non-hydrogen) atoms. The maximum Gasteiger partial charge on any atom is 0.170 e. The normalized spacial score (nSPS) is 11.4. The van der Waals surface area contributed by atoms with Crippen LogP contribution < -0.4 is 10.5 Å². The summed E-state index contributed by atoms with van der Waals surface area (Å²) >= 11 is 0. The fourth-order valence-corrected chi connectivity index (χ4v) is 1.73. The second-order valence-corrected chi connectivity index (χ2v) is 4.38. The molecule has 0 bridgehead atoms. The molecule has 0 radical (unpaired) electrons. The maximum absolute atomic E-state index is 13.9. The van der Waals surface area contributed by atoms with Gasteiger partial charge in [0.2, 0.25) is 0 Å². The average Bonchev–Trinajstić information content (AvgIpc) is 2.53. The van der Waals surface area contributed by atoms with Crippen molar-refractivity contribution < 1.29 is 19.4 Å². The molecule has 0 saturated heterocycles. The van der Waals surface area contributed by atoms with Crippen LogP contribution in [0.3, 0.4) is 0 Å². The number of ether oxygens (including phenoxy) is 1. The molecule has 0 fully saturated rings. The van der Waals surface area contributed by atoms with Crippen molar-refractivity contribution in [3.8, 4) is 5.75 Å². The molecule has 0 unspecified atom stereocenters. The lowest BCUT2D eigenvalue weighted by atomic mass is 10.1. The molecule has 2 aromatic rings. The zero-order valence-corrected chi connectivity index (χ0v) is 11.2. The molecule has 5 nitrogen and oxygen atoms in total. The fraction of sp³-hybridized carbons (Fsp3) is 0.133. The van der Waals surface area contributed by atoms with Crippen molar-refractivity contribution in [1.82, 2.24) is 0 Å². The third-order valence-corrected chi connectivity index (χ3v) is 2.96. The van der Waals surface area contributed by atoms with E-state index in [2.05, 4.69) is 5.16 Å². The number of benzene rings is 2. The molecule has 2 aromatic carbocycles. The molecule has 2 rings (SSSR count). The number of nitrogens with zero attached hydrogens (tertiary/aromatic N) is 1. The Bertz CT molecular complexity index is 642. The molecule has 0 aliphatic heterocycles. The van der Waals surface area contributed by atoms with Gasteiger partial charge in [0.05, 0.1) is 6.61 Å². The topological polar surface area (TPSA) is 88.1 Å². The van der Waals surface area contributed by atoms with E-state index in [9.17, 15) is 4.39 Å². The lowest BCUT2D eigenvalue weighted by Crippen LogP contribution is -2.13. The van der Waals surface area contributed by atoms with Gasteiger partial charge in [-0.3, -0.25) is 0 Å². The van der Waals surface area contributed by atoms with Crippen LogP contribution in [-0.2, 0) is 13.2 Å². The minimum absolute atomic E-state index is 0.0375. The first kappa shape index (κ1) is 14.8. The third kappa shape index (κ3) is 3.70. The van der Waals surface area contributed by atoms with E-state index < -0.39 is 5.82 Å². The van der Waals surface area contributed by atoms with Crippen molar-refractivity contribution in [2.45, 2.75) is 13.2 Å². The number of rotatable bonds is 5. The predicted molar refractivity (Wildman–Crippen MR) is 75.6 cm³/mol. The van der Waals surface area contributed by atoms with Gasteiger partial charge in [-0.05, 0) is 23.8 Å². The molecular weight excluding hydrogens is 275 g/mol. The molecule has 0 aromatic heterocycles. The summed E-state index contributed by atoms with van der Waals surface area (Å²) in [5, 5.41) is 20.3. The number of hydrogen-bond donors (Lipinski definition) is 3. The highest BCUT2D eigenvalue weighted by Crippen LogP contribution is 2.16. The van der Waals surface area contributed by atoms with E-state index in [1.807, 2.05) is 0 Å². The quantitative estimate of drug-likeness (QED) is 0.340. The van der Waals surface area contributed by atoms with E-state index in [4.69, 9.17) is 20.8 Å². The molecule has 6 heteroatoms. The first-order valence-electron chi connectivity index (χ1n) is 6.23. The molecule has 0 aliphatic carbocycles. The standard InChI is InChI=1S/C15H15FN2O3/c16-14-7-11(15(17)18-20)3-4-12(14)9-21-13-5-1-10(8-19)2-6-13/h1-7,19-20H,8-9H2,(H2,17,18). The minimum Gasteiger partial charge on any atom is -0.489 e. The monoisotopic (exact) mass is 290 g/mol. The summed E-state index contributed by atoms with van der Waals surface area (Å²) in [7, 11) is 0. The van der Waals surface area contributed by atoms with Crippen molar-refractivity contribution in [1.29, 1.82) is 0 Å². The molecule has 0 saturated carbocycles. The van der Waals surface area contributed by atoms with Crippen molar-refractivity contribution >= 4 is 5.84 Å². The van der Waals surface area contributed by atoms with Gasteiger partial charge in [0.15, 0.2) is 5.84 Å². The second kappa shape index (κ2) is 6.71. The van der Waals surface area contributed by atoms with Crippen molar-refractivity contribution in [2.75, 3.05) is 0 Å². The second-order valence-electron chi connectivity index (χ2n) is 4.38. The Labute approximate surface area is 121 Å². The van der Waals surface area contributed by atoms with Crippen LogP contribution in [0, 0.1) is 5.82 Å². The molecule has 0 heterocycles. The Balaban J connectivity index is 2.05. The van der Waals surface area contributed by atoms with Crippen molar-refractivity contribution in [3.05, 3.63) is 65.0 Å². The Morgan fingerprint density at radius 1 is 1.19 bits per heavy atom. The highest BCUT2D eigenvalue weighted by atomic mass is 19.1. The zero-order valence-electron chi connectivity index (χ0n) is 11.2. The third-order valence-electron chi connectivity index (χ3n) is 2.96. The molecule has 0 amide bonds. The van der Waals surface area contributed by atoms with Gasteiger partial charge in [-0.1, -0.05) is 29.4 Å². The largest absolute Gasteiger partial charge is 0.489 e. The number of nitrogens with two attached hydrogens (primary N) is 1. The van der Waals surface area contributed by atoms with E-state index in [1.165, 1.54) is 12.1 Å². The van der Waals surface area contributed by atoms with Crippen LogP contribution in [0.1, 0.15) is 16.7 Å². The summed E-state index contributed by atoms with van der Waals surface area (Å²) < 4.78 is 19.3. The van der Waals surface area contributed by atoms with Crippen LogP contribution in [-0.4, -0.2) is 16.1 Å². The van der Waals surface area contributed by atoms with Gasteiger partial charge < -0.3 is 20.8 Å². The van der Waals surface area contributed by atoms with Gasteiger partial charge in [0.25, 0.3) is 0 Å². The SMILES string of the molecule is NC(=NO)c1ccc(COc2ccc(CO)cc2)c(F)c1. The van der Waals surface area contributed by atoms with Crippen LogP contribution >= 0.6 is 0 Å². The zero-order chi connectivity index (χ0) is 15.2. The first-order chi connectivity index (χ1) is 10.1. The molecular formula is C15H15FN2O3. The number of aliphatic hydroxyl groups excluding tert-OH is 1. The number of hydrogen-bond acceptors (Lipinski definition) is 4. The molecule has 0 spiro atoms. The van der Waals surface area contributed by atoms with E-state index in [1.54, 1.807) is 30.3 Å². The smallest absolute Gasteiger partial charge is 0.170 e. The fourth-order valence-electron chi connectivity index (χ4n) is 1.73. The molecule has 4 N–H and O–H groups in total. The minimum atomic E-state index is -0.494. The number of aliphatic hydroxyl groups is 1. The highest BCUT2D eigenvalue weighted by Gasteiger charge is 2.07. The predicted octanol–water partition coefficient (Wildman–Crippen LogP) is 1.99. The molecule has 0 atom stereocenters. The summed E-state index contributed by atoms with van der Waals surface area (Å²) in [4.78, 5) is 0. The highest BCUT2D eigenvalue weighted by molar-refractivity contribution is 5.97. The van der Waals surface area contributed by atoms with Gasteiger partial charge in [-0.2, -0.15) is 0 Å². The van der Waals surface area contributed by atoms with Crippen LogP contribution in [0.4, 0.5) is 4.39 Å². The van der Waals surface area contributed by atoms with Crippen molar-refractivity contribution in [2.24, 2.45) is 10.9 Å². The number of amidine groups is 1. The maximum atomic E-state index is 13.9. The van der Waals surface area contributed by atoms with Crippen LogP contribution in [0.25, 0.3) is 0 Å². The lowest BCUT2D eigenvalue weighted by molar-refractivity contribution is 0.280. The molecule has 0 aliphatic rings. The summed E-state index contributed by atoms with van der Waals surface area (Å²) in [6.45, 7) is 0.0188. The van der Waals surface area contributed by atoms with E-state index >= 15 is 0 Å². The van der Waals surface area contributed by atoms with Crippen LogP contribution in [0.5, 0.6) is 5.75 Å². The Morgan fingerprint density at radius 2 is 1.90 bits per heavy atom. The van der Waals surface area contributed by atoms with Gasteiger partial charge in [-0.15, -0.1) is 0 Å². The van der Waals surface area contributed by atoms with Gasteiger partial charge in [0, 0.05) is 11.1 Å². The Morgan fingerprint density at radius 3 is 2.48 bits per heavy atom. The summed E-state index contributed by atoms with van der Waals surface area (Å²) in [6.07, 6.45) is 0. The molecule has 110 valence electrons. The Kier molecular flexibility index (Phi) is 4.73. The number of halogens is 1. The van der Waals surface area contributed by atoms with E-state index in [0.29, 0.717) is 16.9 Å². The van der Waals surface area contributed by atoms with Gasteiger partial charge in [0.1, 0.15) is 18.2 Å². The summed E-state index contributed by atoms with van der Waals surface area (Å²) in [5.74, 6) is -0.0702. The average molecular weight is 290 g/mol. The van der Waals surface area contributed by atoms with Crippen LogP contribution in [0.2, 0.25) is 0 Å². The lowest BCUT2D eigenvalue weighted by Gasteiger charge is -2.08. The Hall–Kier alpha value is -2.60. The van der Waals surface area contributed by atoms with Gasteiger partial charge in [-0.25, -0.2) is 4.39 Å². The van der Waals surface area contributed by atoms with E-state index in [-0.39, 0.29) is 19.0 Å². The van der Waals surface area contributed by atoms with E-state index in [0.717, 1.165) is 5.56 Å².